The third-order valence-electron chi connectivity index (χ3n) is 2.70. The number of halogens is 2. The molecule has 0 fully saturated rings. The lowest BCUT2D eigenvalue weighted by Gasteiger charge is -2.06. The Morgan fingerprint density at radius 3 is 2.33 bits per heavy atom. The van der Waals surface area contributed by atoms with E-state index in [-0.39, 0.29) is 4.90 Å². The summed E-state index contributed by atoms with van der Waals surface area (Å²) in [6.07, 6.45) is 0. The van der Waals surface area contributed by atoms with E-state index in [1.54, 1.807) is 19.1 Å². The molecule has 7 heteroatoms. The van der Waals surface area contributed by atoms with Gasteiger partial charge < -0.3 is 0 Å². The van der Waals surface area contributed by atoms with Gasteiger partial charge in [-0.3, -0.25) is 0 Å². The molecule has 1 N–H and O–H groups in total. The second-order valence-electron chi connectivity index (χ2n) is 4.26. The average Bonchev–Trinajstić information content (AvgIpc) is 2.45. The van der Waals surface area contributed by atoms with Crippen LogP contribution in [0.15, 0.2) is 67.5 Å². The second-order valence-corrected chi connectivity index (χ2v) is 7.75. The molecule has 110 valence electrons. The first-order valence-electron chi connectivity index (χ1n) is 5.96. The highest BCUT2D eigenvalue weighted by Gasteiger charge is 2.12. The molecule has 0 unspecified atom stereocenters. The fourth-order valence-electron chi connectivity index (χ4n) is 1.57. The van der Waals surface area contributed by atoms with Crippen molar-refractivity contribution in [2.75, 3.05) is 0 Å². The first kappa shape index (κ1) is 16.2. The average molecular weight is 432 g/mol. The largest absolute Gasteiger partial charge is 0.276 e. The molecule has 0 saturated heterocycles. The van der Waals surface area contributed by atoms with Gasteiger partial charge in [-0.25, -0.2) is 0 Å². The van der Waals surface area contributed by atoms with Crippen LogP contribution in [-0.4, -0.2) is 14.1 Å². The molecule has 2 aromatic carbocycles. The Balaban J connectivity index is 2.21. The Kier molecular flexibility index (Phi) is 5.18. The Morgan fingerprint density at radius 1 is 1.05 bits per heavy atom. The highest BCUT2D eigenvalue weighted by Crippen LogP contribution is 2.15. The molecule has 21 heavy (non-hydrogen) atoms. The van der Waals surface area contributed by atoms with E-state index in [4.69, 9.17) is 0 Å². The molecule has 2 aromatic rings. The number of rotatable bonds is 4. The predicted octanol–water partition coefficient (Wildman–Crippen LogP) is 3.91. The SMILES string of the molecule is C/C(=N\NS(=O)(=O)c1ccc(Br)cc1)c1cccc(Br)c1. The van der Waals surface area contributed by atoms with Crippen LogP contribution in [-0.2, 0) is 10.0 Å². The molecule has 0 aliphatic carbocycles. The quantitative estimate of drug-likeness (QED) is 0.589. The van der Waals surface area contributed by atoms with Crippen LogP contribution in [0.4, 0.5) is 0 Å². The molecule has 0 radical (unpaired) electrons. The van der Waals surface area contributed by atoms with Crippen molar-refractivity contribution in [3.8, 4) is 0 Å². The summed E-state index contributed by atoms with van der Waals surface area (Å²) in [4.78, 5) is 2.41. The summed E-state index contributed by atoms with van der Waals surface area (Å²) < 4.78 is 25.9. The molecule has 4 nitrogen and oxygen atoms in total. The first-order valence-corrected chi connectivity index (χ1v) is 9.03. The van der Waals surface area contributed by atoms with Crippen LogP contribution in [0.1, 0.15) is 12.5 Å². The van der Waals surface area contributed by atoms with Crippen molar-refractivity contribution < 1.29 is 8.42 Å². The van der Waals surface area contributed by atoms with Crippen molar-refractivity contribution >= 4 is 47.6 Å². The van der Waals surface area contributed by atoms with Crippen LogP contribution < -0.4 is 4.83 Å². The maximum absolute atomic E-state index is 12.1. The lowest BCUT2D eigenvalue weighted by molar-refractivity contribution is 0.584. The van der Waals surface area contributed by atoms with Gasteiger partial charge >= 0.3 is 0 Å². The van der Waals surface area contributed by atoms with E-state index in [9.17, 15) is 8.42 Å². The van der Waals surface area contributed by atoms with Gasteiger partial charge in [-0.15, -0.1) is 0 Å². The number of nitrogens with zero attached hydrogens (tertiary/aromatic N) is 1. The molecule has 0 saturated carbocycles. The maximum atomic E-state index is 12.1. The summed E-state index contributed by atoms with van der Waals surface area (Å²) in [6.45, 7) is 1.74. The van der Waals surface area contributed by atoms with Gasteiger partial charge in [0.1, 0.15) is 0 Å². The van der Waals surface area contributed by atoms with Crippen LogP contribution in [0.2, 0.25) is 0 Å². The van der Waals surface area contributed by atoms with Gasteiger partial charge in [0, 0.05) is 8.95 Å². The Bertz CT molecular complexity index is 772. The van der Waals surface area contributed by atoms with E-state index >= 15 is 0 Å². The maximum Gasteiger partial charge on any atom is 0.276 e. The van der Waals surface area contributed by atoms with Gasteiger partial charge in [-0.1, -0.05) is 44.0 Å². The molecular formula is C14H12Br2N2O2S. The number of hydrazone groups is 1. The van der Waals surface area contributed by atoms with Crippen LogP contribution >= 0.6 is 31.9 Å². The van der Waals surface area contributed by atoms with Crippen molar-refractivity contribution in [2.24, 2.45) is 5.10 Å². The first-order chi connectivity index (χ1) is 9.88. The Labute approximate surface area is 140 Å². The molecule has 0 amide bonds. The normalized spacial score (nSPS) is 12.2. The molecule has 0 aliphatic heterocycles. The second kappa shape index (κ2) is 6.72. The van der Waals surface area contributed by atoms with Crippen LogP contribution in [0, 0.1) is 0 Å². The van der Waals surface area contributed by atoms with E-state index in [0.29, 0.717) is 5.71 Å². The molecule has 2 rings (SSSR count). The van der Waals surface area contributed by atoms with Crippen molar-refractivity contribution in [1.29, 1.82) is 0 Å². The molecule has 0 aliphatic rings. The summed E-state index contributed by atoms with van der Waals surface area (Å²) in [5.74, 6) is 0. The summed E-state index contributed by atoms with van der Waals surface area (Å²) in [5.41, 5.74) is 1.42. The third-order valence-corrected chi connectivity index (χ3v) is 4.95. The number of sulfonamides is 1. The fourth-order valence-corrected chi connectivity index (χ4v) is 3.09. The minimum absolute atomic E-state index is 0.163. The number of hydrogen-bond donors (Lipinski definition) is 1. The minimum atomic E-state index is -3.66. The van der Waals surface area contributed by atoms with E-state index in [2.05, 4.69) is 41.8 Å². The van der Waals surface area contributed by atoms with Crippen LogP contribution in [0.3, 0.4) is 0 Å². The van der Waals surface area contributed by atoms with Crippen LogP contribution in [0.5, 0.6) is 0 Å². The van der Waals surface area contributed by atoms with Crippen molar-refractivity contribution in [2.45, 2.75) is 11.8 Å². The molecule has 0 heterocycles. The highest BCUT2D eigenvalue weighted by molar-refractivity contribution is 9.10. The van der Waals surface area contributed by atoms with Crippen molar-refractivity contribution in [3.63, 3.8) is 0 Å². The van der Waals surface area contributed by atoms with Gasteiger partial charge in [0.25, 0.3) is 10.0 Å². The Hall–Kier alpha value is -1.18. The van der Waals surface area contributed by atoms with Crippen LogP contribution in [0.25, 0.3) is 0 Å². The van der Waals surface area contributed by atoms with Crippen molar-refractivity contribution in [3.05, 3.63) is 63.0 Å². The van der Waals surface area contributed by atoms with E-state index in [0.717, 1.165) is 14.5 Å². The number of benzene rings is 2. The van der Waals surface area contributed by atoms with Gasteiger partial charge in [0.2, 0.25) is 0 Å². The molecule has 0 atom stereocenters. The number of hydrogen-bond acceptors (Lipinski definition) is 3. The molecule has 0 aromatic heterocycles. The van der Waals surface area contributed by atoms with E-state index in [1.165, 1.54) is 12.1 Å². The highest BCUT2D eigenvalue weighted by atomic mass is 79.9. The van der Waals surface area contributed by atoms with E-state index < -0.39 is 10.0 Å². The third kappa shape index (κ3) is 4.39. The minimum Gasteiger partial charge on any atom is -0.200 e. The van der Waals surface area contributed by atoms with Gasteiger partial charge in [0.15, 0.2) is 0 Å². The van der Waals surface area contributed by atoms with Gasteiger partial charge in [0.05, 0.1) is 10.6 Å². The Morgan fingerprint density at radius 2 is 1.71 bits per heavy atom. The summed E-state index contributed by atoms with van der Waals surface area (Å²) in [5, 5.41) is 3.95. The van der Waals surface area contributed by atoms with Gasteiger partial charge in [-0.2, -0.15) is 18.4 Å². The molecular weight excluding hydrogens is 420 g/mol. The standard InChI is InChI=1S/C14H12Br2N2O2S/c1-10(11-3-2-4-13(16)9-11)17-18-21(19,20)14-7-5-12(15)6-8-14/h2-9,18H,1H3/b17-10+. The van der Waals surface area contributed by atoms with E-state index in [1.807, 2.05) is 24.3 Å². The topological polar surface area (TPSA) is 58.5 Å². The monoisotopic (exact) mass is 430 g/mol. The zero-order valence-electron chi connectivity index (χ0n) is 11.0. The zero-order valence-corrected chi connectivity index (χ0v) is 15.0. The molecule has 0 spiro atoms. The summed E-state index contributed by atoms with van der Waals surface area (Å²) >= 11 is 6.63. The zero-order chi connectivity index (χ0) is 15.5. The van der Waals surface area contributed by atoms with Gasteiger partial charge in [-0.05, 0) is 48.9 Å². The fraction of sp³-hybridized carbons (Fsp3) is 0.0714. The predicted molar refractivity (Wildman–Crippen MR) is 90.8 cm³/mol. The molecule has 0 bridgehead atoms. The lowest BCUT2D eigenvalue weighted by Crippen LogP contribution is -2.19. The summed E-state index contributed by atoms with van der Waals surface area (Å²) in [7, 11) is -3.66. The lowest BCUT2D eigenvalue weighted by atomic mass is 10.1. The smallest absolute Gasteiger partial charge is 0.200 e. The van der Waals surface area contributed by atoms with Crippen molar-refractivity contribution in [1.82, 2.24) is 4.83 Å². The number of nitrogens with one attached hydrogen (secondary N) is 1. The summed E-state index contributed by atoms with van der Waals surface area (Å²) in [6, 6.07) is 13.8.